The Morgan fingerprint density at radius 1 is 1.27 bits per heavy atom. The van der Waals surface area contributed by atoms with E-state index in [1.807, 2.05) is 66.2 Å². The van der Waals surface area contributed by atoms with Crippen molar-refractivity contribution in [2.45, 2.75) is 19.9 Å². The van der Waals surface area contributed by atoms with Crippen LogP contribution in [0.5, 0.6) is 0 Å². The second kappa shape index (κ2) is 6.72. The van der Waals surface area contributed by atoms with Crippen molar-refractivity contribution in [3.05, 3.63) is 76.5 Å². The number of thiophene rings is 1. The van der Waals surface area contributed by atoms with Crippen molar-refractivity contribution in [3.63, 3.8) is 0 Å². The van der Waals surface area contributed by atoms with Crippen molar-refractivity contribution in [2.75, 3.05) is 0 Å². The topological polar surface area (TPSA) is 59.3 Å². The van der Waals surface area contributed by atoms with Crippen LogP contribution in [0.25, 0.3) is 16.9 Å². The van der Waals surface area contributed by atoms with Crippen LogP contribution in [0.15, 0.2) is 60.4 Å². The van der Waals surface area contributed by atoms with Crippen molar-refractivity contribution in [2.24, 2.45) is 0 Å². The highest BCUT2D eigenvalue weighted by molar-refractivity contribution is 7.10. The summed E-state index contributed by atoms with van der Waals surface area (Å²) in [6.07, 6.45) is 5.40. The quantitative estimate of drug-likeness (QED) is 0.590. The van der Waals surface area contributed by atoms with Crippen LogP contribution in [0.2, 0.25) is 0 Å². The Kier molecular flexibility index (Phi) is 4.26. The van der Waals surface area contributed by atoms with E-state index in [2.05, 4.69) is 10.3 Å². The number of nitrogens with one attached hydrogen (secondary N) is 1. The molecule has 1 unspecified atom stereocenters. The van der Waals surface area contributed by atoms with E-state index in [0.717, 1.165) is 21.8 Å². The molecule has 4 heterocycles. The van der Waals surface area contributed by atoms with Crippen LogP contribution in [0, 0.1) is 6.92 Å². The standard InChI is InChI=1S/C20H18N4OS/c1-13-11-17(15-5-3-8-21-12-15)23-19-16(7-9-24(13)19)20(25)22-14(2)18-6-4-10-26-18/h3-12,14H,1-2H3,(H,22,25). The zero-order valence-electron chi connectivity index (χ0n) is 14.5. The maximum absolute atomic E-state index is 12.8. The highest BCUT2D eigenvalue weighted by Gasteiger charge is 2.18. The van der Waals surface area contributed by atoms with Crippen LogP contribution in [0.4, 0.5) is 0 Å². The van der Waals surface area contributed by atoms with Gasteiger partial charge in [-0.3, -0.25) is 9.78 Å². The summed E-state index contributed by atoms with van der Waals surface area (Å²) < 4.78 is 1.94. The number of aryl methyl sites for hydroxylation is 1. The number of hydrogen-bond donors (Lipinski definition) is 1. The minimum atomic E-state index is -0.122. The van der Waals surface area contributed by atoms with Crippen LogP contribution < -0.4 is 5.32 Å². The molecule has 0 aliphatic heterocycles. The van der Waals surface area contributed by atoms with Crippen LogP contribution >= 0.6 is 11.3 Å². The molecule has 1 N–H and O–H groups in total. The number of rotatable bonds is 4. The zero-order valence-corrected chi connectivity index (χ0v) is 15.3. The van der Waals surface area contributed by atoms with Crippen LogP contribution in [-0.4, -0.2) is 20.3 Å². The summed E-state index contributed by atoms with van der Waals surface area (Å²) in [4.78, 5) is 22.8. The Morgan fingerprint density at radius 2 is 2.15 bits per heavy atom. The SMILES string of the molecule is Cc1cc(-c2cccnc2)nc2c(C(=O)NC(C)c3cccs3)ccn12. The summed E-state index contributed by atoms with van der Waals surface area (Å²) in [6, 6.07) is 11.6. The maximum Gasteiger partial charge on any atom is 0.255 e. The molecule has 26 heavy (non-hydrogen) atoms. The van der Waals surface area contributed by atoms with Crippen LogP contribution in [-0.2, 0) is 0 Å². The third-order valence-electron chi connectivity index (χ3n) is 4.33. The molecule has 5 nitrogen and oxygen atoms in total. The molecule has 0 saturated heterocycles. The predicted molar refractivity (Wildman–Crippen MR) is 103 cm³/mol. The summed E-state index contributed by atoms with van der Waals surface area (Å²) in [5.74, 6) is -0.122. The van der Waals surface area contributed by atoms with Gasteiger partial charge in [-0.25, -0.2) is 4.98 Å². The smallest absolute Gasteiger partial charge is 0.255 e. The lowest BCUT2D eigenvalue weighted by atomic mass is 10.2. The summed E-state index contributed by atoms with van der Waals surface area (Å²) in [6.45, 7) is 3.99. The molecule has 0 radical (unpaired) electrons. The van der Waals surface area contributed by atoms with Gasteiger partial charge in [0.1, 0.15) is 5.65 Å². The molecular formula is C20H18N4OS. The normalized spacial score (nSPS) is 12.2. The summed E-state index contributed by atoms with van der Waals surface area (Å²) in [7, 11) is 0. The second-order valence-corrected chi connectivity index (χ2v) is 7.14. The molecule has 4 aromatic heterocycles. The lowest BCUT2D eigenvalue weighted by Gasteiger charge is -2.12. The molecule has 0 aliphatic carbocycles. The molecule has 130 valence electrons. The van der Waals surface area contributed by atoms with E-state index >= 15 is 0 Å². The van der Waals surface area contributed by atoms with E-state index in [9.17, 15) is 4.79 Å². The minimum Gasteiger partial charge on any atom is -0.345 e. The lowest BCUT2D eigenvalue weighted by molar-refractivity contribution is 0.0942. The Hall–Kier alpha value is -2.99. The Morgan fingerprint density at radius 3 is 2.88 bits per heavy atom. The van der Waals surface area contributed by atoms with Gasteiger partial charge in [0.25, 0.3) is 5.91 Å². The summed E-state index contributed by atoms with van der Waals surface area (Å²) >= 11 is 1.63. The largest absolute Gasteiger partial charge is 0.345 e. The molecular weight excluding hydrogens is 344 g/mol. The third kappa shape index (κ3) is 2.99. The number of amides is 1. The third-order valence-corrected chi connectivity index (χ3v) is 5.39. The molecule has 1 atom stereocenters. The van der Waals surface area contributed by atoms with Crippen LogP contribution in [0.1, 0.15) is 33.9 Å². The molecule has 6 heteroatoms. The molecule has 0 bridgehead atoms. The number of nitrogens with zero attached hydrogens (tertiary/aromatic N) is 3. The fraction of sp³-hybridized carbons (Fsp3) is 0.150. The van der Waals surface area contributed by atoms with E-state index in [0.29, 0.717) is 11.2 Å². The first-order valence-electron chi connectivity index (χ1n) is 8.37. The minimum absolute atomic E-state index is 0.0416. The highest BCUT2D eigenvalue weighted by atomic mass is 32.1. The van der Waals surface area contributed by atoms with Gasteiger partial charge in [0.15, 0.2) is 0 Å². The number of aromatic nitrogens is 3. The lowest BCUT2D eigenvalue weighted by Crippen LogP contribution is -2.26. The number of fused-ring (bicyclic) bond motifs is 1. The van der Waals surface area contributed by atoms with E-state index < -0.39 is 0 Å². The van der Waals surface area contributed by atoms with E-state index in [-0.39, 0.29) is 11.9 Å². The second-order valence-electron chi connectivity index (χ2n) is 6.16. The zero-order chi connectivity index (χ0) is 18.1. The van der Waals surface area contributed by atoms with E-state index in [1.54, 1.807) is 23.7 Å². The fourth-order valence-corrected chi connectivity index (χ4v) is 3.69. The molecule has 0 saturated carbocycles. The van der Waals surface area contributed by atoms with Gasteiger partial charge in [0.05, 0.1) is 17.3 Å². The Balaban J connectivity index is 1.71. The number of hydrogen-bond acceptors (Lipinski definition) is 4. The van der Waals surface area contributed by atoms with Gasteiger partial charge in [-0.05, 0) is 49.6 Å². The average Bonchev–Trinajstić information content (AvgIpc) is 3.32. The van der Waals surface area contributed by atoms with Crippen molar-refractivity contribution in [3.8, 4) is 11.3 Å². The maximum atomic E-state index is 12.8. The van der Waals surface area contributed by atoms with Gasteiger partial charge in [-0.2, -0.15) is 0 Å². The number of pyridine rings is 1. The molecule has 1 amide bonds. The fourth-order valence-electron chi connectivity index (χ4n) is 2.96. The molecule has 0 fully saturated rings. The molecule has 4 rings (SSSR count). The molecule has 4 aromatic rings. The Bertz CT molecular complexity index is 1050. The highest BCUT2D eigenvalue weighted by Crippen LogP contribution is 2.23. The summed E-state index contributed by atoms with van der Waals surface area (Å²) in [5, 5.41) is 5.07. The predicted octanol–water partition coefficient (Wildman–Crippen LogP) is 4.26. The first-order valence-corrected chi connectivity index (χ1v) is 9.25. The first-order chi connectivity index (χ1) is 12.6. The average molecular weight is 362 g/mol. The first kappa shape index (κ1) is 16.5. The van der Waals surface area contributed by atoms with Gasteiger partial charge in [-0.1, -0.05) is 6.07 Å². The van der Waals surface area contributed by atoms with Crippen molar-refractivity contribution in [1.82, 2.24) is 19.7 Å². The van der Waals surface area contributed by atoms with Gasteiger partial charge in [0.2, 0.25) is 0 Å². The van der Waals surface area contributed by atoms with Gasteiger partial charge < -0.3 is 9.72 Å². The molecule has 0 aliphatic rings. The van der Waals surface area contributed by atoms with Gasteiger partial charge in [-0.15, -0.1) is 11.3 Å². The Labute approximate surface area is 155 Å². The monoisotopic (exact) mass is 362 g/mol. The summed E-state index contributed by atoms with van der Waals surface area (Å²) in [5.41, 5.74) is 3.97. The van der Waals surface area contributed by atoms with Crippen molar-refractivity contribution in [1.29, 1.82) is 0 Å². The molecule has 0 spiro atoms. The van der Waals surface area contributed by atoms with Gasteiger partial charge >= 0.3 is 0 Å². The van der Waals surface area contributed by atoms with Crippen LogP contribution in [0.3, 0.4) is 0 Å². The van der Waals surface area contributed by atoms with Gasteiger partial charge in [0, 0.05) is 34.7 Å². The van der Waals surface area contributed by atoms with E-state index in [4.69, 9.17) is 4.98 Å². The number of carbonyl (C=O) groups excluding carboxylic acids is 1. The molecule has 0 aromatic carbocycles. The van der Waals surface area contributed by atoms with E-state index in [1.165, 1.54) is 0 Å². The van der Waals surface area contributed by atoms with Crippen molar-refractivity contribution < 1.29 is 4.79 Å². The number of carbonyl (C=O) groups is 1. The van der Waals surface area contributed by atoms with Crippen molar-refractivity contribution >= 4 is 22.9 Å².